The topological polar surface area (TPSA) is 84.4 Å². The molecule has 3 rings (SSSR count). The summed E-state index contributed by atoms with van der Waals surface area (Å²) in [5, 5.41) is 3.37. The lowest BCUT2D eigenvalue weighted by Gasteiger charge is -2.40. The third-order valence-electron chi connectivity index (χ3n) is 3.53. The molecule has 0 saturated carbocycles. The molecule has 0 unspecified atom stereocenters. The fraction of sp³-hybridized carbons (Fsp3) is 0.643. The summed E-state index contributed by atoms with van der Waals surface area (Å²) < 4.78 is 17.4. The lowest BCUT2D eigenvalue weighted by atomic mass is 10.1. The first-order valence-electron chi connectivity index (χ1n) is 7.42. The molecular formula is C14H19ClN4O3S. The van der Waals surface area contributed by atoms with Crippen LogP contribution >= 0.6 is 11.6 Å². The molecule has 1 saturated heterocycles. The Labute approximate surface area is 142 Å². The van der Waals surface area contributed by atoms with E-state index in [1.807, 2.05) is 20.8 Å². The number of hydrogen-bond donors (Lipinski definition) is 1. The van der Waals surface area contributed by atoms with Gasteiger partial charge in [-0.1, -0.05) is 0 Å². The Balaban J connectivity index is 1.63. The predicted molar refractivity (Wildman–Crippen MR) is 87.2 cm³/mol. The SMILES string of the molecule is CC(C)(C)OC(=O)N1CC(Nc2nc(Cl)nc3c2[S@@](=O)CC3)C1. The summed E-state index contributed by atoms with van der Waals surface area (Å²) in [7, 11) is -1.09. The molecule has 23 heavy (non-hydrogen) atoms. The number of anilines is 1. The number of halogens is 1. The van der Waals surface area contributed by atoms with Gasteiger partial charge in [-0.15, -0.1) is 0 Å². The molecular weight excluding hydrogens is 340 g/mol. The minimum atomic E-state index is -1.09. The molecule has 9 heteroatoms. The highest BCUT2D eigenvalue weighted by molar-refractivity contribution is 7.85. The number of aromatic nitrogens is 2. The Morgan fingerprint density at radius 3 is 2.74 bits per heavy atom. The molecule has 7 nitrogen and oxygen atoms in total. The smallest absolute Gasteiger partial charge is 0.410 e. The normalized spacial score (nSPS) is 20.9. The van der Waals surface area contributed by atoms with Crippen molar-refractivity contribution in [1.29, 1.82) is 0 Å². The van der Waals surface area contributed by atoms with E-state index in [-0.39, 0.29) is 17.4 Å². The van der Waals surface area contributed by atoms with Crippen LogP contribution in [0.5, 0.6) is 0 Å². The van der Waals surface area contributed by atoms with Crippen molar-refractivity contribution in [1.82, 2.24) is 14.9 Å². The first kappa shape index (κ1) is 16.4. The lowest BCUT2D eigenvalue weighted by molar-refractivity contribution is 0.0104. The molecule has 3 heterocycles. The molecule has 0 spiro atoms. The Bertz CT molecular complexity index is 671. The van der Waals surface area contributed by atoms with Gasteiger partial charge in [0.15, 0.2) is 0 Å². The van der Waals surface area contributed by atoms with Crippen LogP contribution in [0.15, 0.2) is 4.90 Å². The van der Waals surface area contributed by atoms with Crippen LogP contribution in [-0.2, 0) is 22.0 Å². The maximum atomic E-state index is 12.1. The number of aryl methyl sites for hydroxylation is 1. The molecule has 0 bridgehead atoms. The Morgan fingerprint density at radius 2 is 2.09 bits per heavy atom. The highest BCUT2D eigenvalue weighted by Gasteiger charge is 2.35. The van der Waals surface area contributed by atoms with Gasteiger partial charge in [0.2, 0.25) is 5.28 Å². The summed E-state index contributed by atoms with van der Waals surface area (Å²) in [6, 6.07) is 0.0372. The van der Waals surface area contributed by atoms with Crippen LogP contribution in [0.4, 0.5) is 10.6 Å². The number of nitrogens with one attached hydrogen (secondary N) is 1. The quantitative estimate of drug-likeness (QED) is 0.812. The van der Waals surface area contributed by atoms with Crippen LogP contribution < -0.4 is 5.32 Å². The van der Waals surface area contributed by atoms with E-state index in [1.54, 1.807) is 4.90 Å². The number of ether oxygens (including phenoxy) is 1. The Morgan fingerprint density at radius 1 is 1.39 bits per heavy atom. The summed E-state index contributed by atoms with van der Waals surface area (Å²) in [5.74, 6) is 1.07. The van der Waals surface area contributed by atoms with Crippen LogP contribution in [0.2, 0.25) is 5.28 Å². The van der Waals surface area contributed by atoms with E-state index >= 15 is 0 Å². The van der Waals surface area contributed by atoms with Gasteiger partial charge in [0, 0.05) is 25.3 Å². The summed E-state index contributed by atoms with van der Waals surface area (Å²) in [6.45, 7) is 6.53. The number of fused-ring (bicyclic) bond motifs is 1. The minimum Gasteiger partial charge on any atom is -0.444 e. The highest BCUT2D eigenvalue weighted by Crippen LogP contribution is 2.30. The van der Waals surface area contributed by atoms with Crippen LogP contribution in [-0.4, -0.2) is 55.7 Å². The second-order valence-corrected chi connectivity index (χ2v) is 8.49. The van der Waals surface area contributed by atoms with E-state index in [1.165, 1.54) is 0 Å². The maximum absolute atomic E-state index is 12.1. The van der Waals surface area contributed by atoms with Crippen LogP contribution in [0.1, 0.15) is 26.5 Å². The molecule has 1 aromatic rings. The molecule has 2 aliphatic heterocycles. The molecule has 0 aliphatic carbocycles. The van der Waals surface area contributed by atoms with Crippen molar-refractivity contribution < 1.29 is 13.7 Å². The van der Waals surface area contributed by atoms with E-state index < -0.39 is 16.4 Å². The summed E-state index contributed by atoms with van der Waals surface area (Å²) in [5.41, 5.74) is 0.238. The Kier molecular flexibility index (Phi) is 4.22. The average molecular weight is 359 g/mol. The molecule has 2 aliphatic rings. The Hall–Kier alpha value is -1.41. The fourth-order valence-electron chi connectivity index (χ4n) is 2.50. The van der Waals surface area contributed by atoms with Gasteiger partial charge >= 0.3 is 6.09 Å². The average Bonchev–Trinajstić information content (AvgIpc) is 2.72. The number of carbonyl (C=O) groups is 1. The van der Waals surface area contributed by atoms with Crippen molar-refractivity contribution in [3.8, 4) is 0 Å². The van der Waals surface area contributed by atoms with E-state index in [9.17, 15) is 9.00 Å². The number of carbonyl (C=O) groups excluding carboxylic acids is 1. The zero-order valence-corrected chi connectivity index (χ0v) is 14.8. The zero-order valence-electron chi connectivity index (χ0n) is 13.3. The van der Waals surface area contributed by atoms with Gasteiger partial charge in [0.1, 0.15) is 16.3 Å². The molecule has 0 radical (unpaired) electrons. The van der Waals surface area contributed by atoms with Crippen molar-refractivity contribution in [2.45, 2.75) is 43.7 Å². The van der Waals surface area contributed by atoms with E-state index in [2.05, 4.69) is 15.3 Å². The highest BCUT2D eigenvalue weighted by atomic mass is 35.5. The first-order valence-corrected chi connectivity index (χ1v) is 9.12. The molecule has 1 atom stereocenters. The van der Waals surface area contributed by atoms with Gasteiger partial charge < -0.3 is 15.0 Å². The van der Waals surface area contributed by atoms with Gasteiger partial charge in [-0.05, 0) is 32.4 Å². The van der Waals surface area contributed by atoms with E-state index in [0.29, 0.717) is 36.0 Å². The van der Waals surface area contributed by atoms with Crippen molar-refractivity contribution in [3.63, 3.8) is 0 Å². The fourth-order valence-corrected chi connectivity index (χ4v) is 4.00. The van der Waals surface area contributed by atoms with Gasteiger partial charge in [-0.3, -0.25) is 4.21 Å². The van der Waals surface area contributed by atoms with Gasteiger partial charge in [0.05, 0.1) is 22.5 Å². The van der Waals surface area contributed by atoms with E-state index in [4.69, 9.17) is 16.3 Å². The van der Waals surface area contributed by atoms with Crippen LogP contribution in [0.25, 0.3) is 0 Å². The summed E-state index contributed by atoms with van der Waals surface area (Å²) >= 11 is 5.93. The second kappa shape index (κ2) is 5.90. The molecule has 1 N–H and O–H groups in total. The molecule has 0 aromatic carbocycles. The summed E-state index contributed by atoms with van der Waals surface area (Å²) in [4.78, 5) is 22.5. The van der Waals surface area contributed by atoms with Gasteiger partial charge in [0.25, 0.3) is 0 Å². The first-order chi connectivity index (χ1) is 10.7. The number of nitrogens with zero attached hydrogens (tertiary/aromatic N) is 3. The number of likely N-dealkylation sites (tertiary alicyclic amines) is 1. The zero-order chi connectivity index (χ0) is 16.8. The van der Waals surface area contributed by atoms with Gasteiger partial charge in [-0.25, -0.2) is 9.78 Å². The predicted octanol–water partition coefficient (Wildman–Crippen LogP) is 1.82. The van der Waals surface area contributed by atoms with Crippen molar-refractivity contribution in [2.75, 3.05) is 24.2 Å². The summed E-state index contributed by atoms with van der Waals surface area (Å²) in [6.07, 6.45) is 0.318. The molecule has 1 fully saturated rings. The van der Waals surface area contributed by atoms with Crippen LogP contribution in [0.3, 0.4) is 0 Å². The standard InChI is InChI=1S/C14H19ClN4O3S/c1-14(2,3)22-13(20)19-6-8(7-19)16-11-10-9(4-5-23(10)21)17-12(15)18-11/h8H,4-7H2,1-3H3,(H,16,17,18)/t23-/m0/s1. The van der Waals surface area contributed by atoms with Crippen molar-refractivity contribution >= 4 is 34.3 Å². The number of amides is 1. The second-order valence-electron chi connectivity index (χ2n) is 6.64. The maximum Gasteiger partial charge on any atom is 0.410 e. The van der Waals surface area contributed by atoms with E-state index in [0.717, 1.165) is 5.69 Å². The van der Waals surface area contributed by atoms with Crippen LogP contribution in [0, 0.1) is 0 Å². The van der Waals surface area contributed by atoms with Crippen molar-refractivity contribution in [2.24, 2.45) is 0 Å². The number of rotatable bonds is 2. The number of hydrogen-bond acceptors (Lipinski definition) is 6. The molecule has 126 valence electrons. The lowest BCUT2D eigenvalue weighted by Crippen LogP contribution is -2.58. The van der Waals surface area contributed by atoms with Crippen molar-refractivity contribution in [3.05, 3.63) is 11.0 Å². The third-order valence-corrected chi connectivity index (χ3v) is 5.16. The molecule has 1 aromatic heterocycles. The van der Waals surface area contributed by atoms with Gasteiger partial charge in [-0.2, -0.15) is 4.98 Å². The monoisotopic (exact) mass is 358 g/mol. The molecule has 1 amide bonds. The largest absolute Gasteiger partial charge is 0.444 e. The minimum absolute atomic E-state index is 0.0372. The third kappa shape index (κ3) is 3.58.